The topological polar surface area (TPSA) is 32.3 Å². The SMILES string of the molecule is OC[C@@H]1NCC[C@H]1c1cccc(Br)c1. The van der Waals surface area contributed by atoms with E-state index in [1.54, 1.807) is 0 Å². The minimum atomic E-state index is 0.219. The van der Waals surface area contributed by atoms with Crippen molar-refractivity contribution in [3.63, 3.8) is 0 Å². The highest BCUT2D eigenvalue weighted by Gasteiger charge is 2.27. The molecule has 1 saturated heterocycles. The maximum atomic E-state index is 9.19. The molecule has 2 atom stereocenters. The molecule has 0 amide bonds. The van der Waals surface area contributed by atoms with E-state index >= 15 is 0 Å². The smallest absolute Gasteiger partial charge is 0.0590 e. The van der Waals surface area contributed by atoms with Crippen molar-refractivity contribution < 1.29 is 5.11 Å². The molecule has 0 radical (unpaired) electrons. The minimum Gasteiger partial charge on any atom is -0.395 e. The van der Waals surface area contributed by atoms with Gasteiger partial charge in [-0.05, 0) is 30.7 Å². The zero-order valence-electron chi connectivity index (χ0n) is 7.91. The summed E-state index contributed by atoms with van der Waals surface area (Å²) in [6.07, 6.45) is 1.11. The molecular weight excluding hydrogens is 242 g/mol. The Hall–Kier alpha value is -0.380. The van der Waals surface area contributed by atoms with Crippen LogP contribution < -0.4 is 5.32 Å². The Kier molecular flexibility index (Phi) is 3.21. The Balaban J connectivity index is 2.21. The summed E-state index contributed by atoms with van der Waals surface area (Å²) in [6, 6.07) is 8.57. The fourth-order valence-electron chi connectivity index (χ4n) is 2.10. The predicted molar refractivity (Wildman–Crippen MR) is 60.4 cm³/mol. The van der Waals surface area contributed by atoms with Gasteiger partial charge in [0.25, 0.3) is 0 Å². The third-order valence-corrected chi connectivity index (χ3v) is 3.31. The predicted octanol–water partition coefficient (Wildman–Crippen LogP) is 1.89. The average molecular weight is 256 g/mol. The molecule has 14 heavy (non-hydrogen) atoms. The molecular formula is C11H14BrNO. The van der Waals surface area contributed by atoms with Crippen molar-refractivity contribution in [3.05, 3.63) is 34.3 Å². The van der Waals surface area contributed by atoms with Gasteiger partial charge < -0.3 is 10.4 Å². The largest absolute Gasteiger partial charge is 0.395 e. The van der Waals surface area contributed by atoms with Crippen LogP contribution in [-0.4, -0.2) is 24.3 Å². The number of aliphatic hydroxyl groups excluding tert-OH is 1. The summed E-state index contributed by atoms with van der Waals surface area (Å²) in [6.45, 7) is 1.22. The lowest BCUT2D eigenvalue weighted by Crippen LogP contribution is -2.29. The molecule has 0 saturated carbocycles. The number of hydrogen-bond acceptors (Lipinski definition) is 2. The Morgan fingerprint density at radius 1 is 1.50 bits per heavy atom. The van der Waals surface area contributed by atoms with E-state index in [0.717, 1.165) is 17.4 Å². The van der Waals surface area contributed by atoms with E-state index in [-0.39, 0.29) is 12.6 Å². The molecule has 1 aliphatic heterocycles. The minimum absolute atomic E-state index is 0.219. The van der Waals surface area contributed by atoms with Crippen LogP contribution >= 0.6 is 15.9 Å². The van der Waals surface area contributed by atoms with Gasteiger partial charge in [-0.15, -0.1) is 0 Å². The fraction of sp³-hybridized carbons (Fsp3) is 0.455. The number of aliphatic hydroxyl groups is 1. The van der Waals surface area contributed by atoms with Crippen molar-refractivity contribution in [1.29, 1.82) is 0 Å². The van der Waals surface area contributed by atoms with E-state index in [4.69, 9.17) is 0 Å². The average Bonchev–Trinajstić information content (AvgIpc) is 2.65. The molecule has 1 heterocycles. The van der Waals surface area contributed by atoms with Crippen LogP contribution in [0, 0.1) is 0 Å². The normalized spacial score (nSPS) is 26.7. The van der Waals surface area contributed by atoms with E-state index in [0.29, 0.717) is 5.92 Å². The van der Waals surface area contributed by atoms with Gasteiger partial charge in [-0.3, -0.25) is 0 Å². The van der Waals surface area contributed by atoms with Gasteiger partial charge in [-0.2, -0.15) is 0 Å². The second kappa shape index (κ2) is 4.43. The molecule has 1 aromatic carbocycles. The first-order chi connectivity index (χ1) is 6.81. The van der Waals surface area contributed by atoms with Crippen LogP contribution in [0.1, 0.15) is 17.9 Å². The third-order valence-electron chi connectivity index (χ3n) is 2.82. The molecule has 0 aliphatic carbocycles. The zero-order chi connectivity index (χ0) is 9.97. The van der Waals surface area contributed by atoms with Crippen LogP contribution in [0.2, 0.25) is 0 Å². The lowest BCUT2D eigenvalue weighted by Gasteiger charge is -2.17. The zero-order valence-corrected chi connectivity index (χ0v) is 9.50. The van der Waals surface area contributed by atoms with Gasteiger partial charge in [-0.25, -0.2) is 0 Å². The number of benzene rings is 1. The van der Waals surface area contributed by atoms with Crippen LogP contribution in [0.5, 0.6) is 0 Å². The second-order valence-electron chi connectivity index (χ2n) is 3.69. The fourth-order valence-corrected chi connectivity index (χ4v) is 2.51. The van der Waals surface area contributed by atoms with Crippen LogP contribution in [0.15, 0.2) is 28.7 Å². The van der Waals surface area contributed by atoms with Crippen molar-refractivity contribution in [3.8, 4) is 0 Å². The van der Waals surface area contributed by atoms with Gasteiger partial charge in [0.1, 0.15) is 0 Å². The molecule has 1 fully saturated rings. The van der Waals surface area contributed by atoms with Gasteiger partial charge in [0.2, 0.25) is 0 Å². The van der Waals surface area contributed by atoms with Crippen molar-refractivity contribution in [2.24, 2.45) is 0 Å². The highest BCUT2D eigenvalue weighted by Crippen LogP contribution is 2.28. The van der Waals surface area contributed by atoms with Gasteiger partial charge in [0, 0.05) is 16.4 Å². The molecule has 3 heteroatoms. The number of rotatable bonds is 2. The second-order valence-corrected chi connectivity index (χ2v) is 4.61. The first-order valence-electron chi connectivity index (χ1n) is 4.91. The summed E-state index contributed by atoms with van der Waals surface area (Å²) in [5.41, 5.74) is 1.31. The molecule has 0 unspecified atom stereocenters. The third kappa shape index (κ3) is 2.00. The lowest BCUT2D eigenvalue weighted by molar-refractivity contribution is 0.245. The van der Waals surface area contributed by atoms with Gasteiger partial charge in [-0.1, -0.05) is 28.1 Å². The van der Waals surface area contributed by atoms with Crippen LogP contribution in [-0.2, 0) is 0 Å². The Bertz CT molecular complexity index is 316. The van der Waals surface area contributed by atoms with E-state index in [9.17, 15) is 5.11 Å². The lowest BCUT2D eigenvalue weighted by atomic mass is 9.92. The van der Waals surface area contributed by atoms with Gasteiger partial charge >= 0.3 is 0 Å². The molecule has 0 aromatic heterocycles. The molecule has 0 spiro atoms. The van der Waals surface area contributed by atoms with Gasteiger partial charge in [0.05, 0.1) is 6.61 Å². The van der Waals surface area contributed by atoms with Crippen LogP contribution in [0.25, 0.3) is 0 Å². The first-order valence-corrected chi connectivity index (χ1v) is 5.70. The molecule has 1 aromatic rings. The number of nitrogens with one attached hydrogen (secondary N) is 1. The standard InChI is InChI=1S/C11H14BrNO/c12-9-3-1-2-8(6-9)10-4-5-13-11(10)7-14/h1-3,6,10-11,13-14H,4-5,7H2/t10-,11-/m0/s1. The number of hydrogen-bond donors (Lipinski definition) is 2. The molecule has 1 aliphatic rings. The summed E-state index contributed by atoms with van der Waals surface area (Å²) in [7, 11) is 0. The van der Waals surface area contributed by atoms with E-state index in [2.05, 4.69) is 33.4 Å². The highest BCUT2D eigenvalue weighted by molar-refractivity contribution is 9.10. The van der Waals surface area contributed by atoms with Crippen LogP contribution in [0.4, 0.5) is 0 Å². The number of halogens is 1. The Morgan fingerprint density at radius 2 is 2.36 bits per heavy atom. The molecule has 2 rings (SSSR count). The maximum absolute atomic E-state index is 9.19. The van der Waals surface area contributed by atoms with Crippen molar-refractivity contribution in [1.82, 2.24) is 5.32 Å². The van der Waals surface area contributed by atoms with Crippen molar-refractivity contribution in [2.45, 2.75) is 18.4 Å². The monoisotopic (exact) mass is 255 g/mol. The molecule has 76 valence electrons. The molecule has 2 nitrogen and oxygen atoms in total. The van der Waals surface area contributed by atoms with E-state index in [1.165, 1.54) is 5.56 Å². The molecule has 2 N–H and O–H groups in total. The van der Waals surface area contributed by atoms with Gasteiger partial charge in [0.15, 0.2) is 0 Å². The van der Waals surface area contributed by atoms with Crippen LogP contribution in [0.3, 0.4) is 0 Å². The Labute approximate surface area is 92.5 Å². The summed E-state index contributed by atoms with van der Waals surface area (Å²) < 4.78 is 1.11. The van der Waals surface area contributed by atoms with Crippen molar-refractivity contribution >= 4 is 15.9 Å². The van der Waals surface area contributed by atoms with E-state index in [1.807, 2.05) is 12.1 Å². The molecule has 0 bridgehead atoms. The Morgan fingerprint density at radius 3 is 3.07 bits per heavy atom. The van der Waals surface area contributed by atoms with E-state index < -0.39 is 0 Å². The highest BCUT2D eigenvalue weighted by atomic mass is 79.9. The summed E-state index contributed by atoms with van der Waals surface area (Å²) >= 11 is 3.47. The summed E-state index contributed by atoms with van der Waals surface area (Å²) in [4.78, 5) is 0. The summed E-state index contributed by atoms with van der Waals surface area (Å²) in [5, 5.41) is 12.5. The maximum Gasteiger partial charge on any atom is 0.0590 e. The first kappa shape index (κ1) is 10.1. The summed E-state index contributed by atoms with van der Waals surface area (Å²) in [5.74, 6) is 0.456. The van der Waals surface area contributed by atoms with Crippen molar-refractivity contribution in [2.75, 3.05) is 13.2 Å². The quantitative estimate of drug-likeness (QED) is 0.846.